The molecule has 0 bridgehead atoms. The largest absolute Gasteiger partial charge is 0.350 e. The molecule has 0 aromatic heterocycles. The zero-order valence-electron chi connectivity index (χ0n) is 24.8. The van der Waals surface area contributed by atoms with Crippen LogP contribution in [0.25, 0.3) is 0 Å². The van der Waals surface area contributed by atoms with Gasteiger partial charge in [0.15, 0.2) is 0 Å². The number of hydrogen-bond acceptors (Lipinski definition) is 4. The molecule has 4 rings (SSSR count). The van der Waals surface area contributed by atoms with Crippen LogP contribution in [-0.2, 0) is 32.6 Å². The molecule has 0 heterocycles. The van der Waals surface area contributed by atoms with Gasteiger partial charge in [0.1, 0.15) is 12.6 Å². The Kier molecular flexibility index (Phi) is 10.7. The van der Waals surface area contributed by atoms with E-state index in [0.29, 0.717) is 5.02 Å². The number of nitrogens with zero attached hydrogens (tertiary/aromatic N) is 2. The summed E-state index contributed by atoms with van der Waals surface area (Å²) in [5, 5.41) is 3.39. The van der Waals surface area contributed by atoms with E-state index in [9.17, 15) is 18.0 Å². The van der Waals surface area contributed by atoms with Crippen molar-refractivity contribution in [2.45, 2.75) is 50.2 Å². The molecule has 230 valence electrons. The number of carbonyl (C=O) groups is 2. The Morgan fingerprint density at radius 2 is 1.34 bits per heavy atom. The first kappa shape index (κ1) is 33.1. The summed E-state index contributed by atoms with van der Waals surface area (Å²) < 4.78 is 29.1. The minimum absolute atomic E-state index is 0.0141. The van der Waals surface area contributed by atoms with Gasteiger partial charge in [0.2, 0.25) is 11.8 Å². The minimum atomic E-state index is -4.27. The van der Waals surface area contributed by atoms with Gasteiger partial charge in [-0.3, -0.25) is 13.9 Å². The van der Waals surface area contributed by atoms with E-state index in [0.717, 1.165) is 15.4 Å². The van der Waals surface area contributed by atoms with Crippen molar-refractivity contribution in [3.05, 3.63) is 130 Å². The number of rotatable bonds is 11. The van der Waals surface area contributed by atoms with E-state index in [1.807, 2.05) is 81.4 Å². The lowest BCUT2D eigenvalue weighted by Crippen LogP contribution is -2.56. The molecular weight excluding hydrogens is 617 g/mol. The molecule has 2 amide bonds. The maximum absolute atomic E-state index is 14.5. The van der Waals surface area contributed by atoms with Crippen LogP contribution in [0.5, 0.6) is 0 Å². The van der Waals surface area contributed by atoms with Crippen LogP contribution in [0.4, 0.5) is 5.69 Å². The van der Waals surface area contributed by atoms with Crippen molar-refractivity contribution in [1.29, 1.82) is 0 Å². The molecular formula is C34H35Cl2N3O4S. The molecule has 4 aromatic carbocycles. The third-order valence-electron chi connectivity index (χ3n) is 6.75. The third-order valence-corrected chi connectivity index (χ3v) is 9.07. The maximum atomic E-state index is 14.5. The average molecular weight is 653 g/mol. The van der Waals surface area contributed by atoms with Crippen molar-refractivity contribution in [3.63, 3.8) is 0 Å². The topological polar surface area (TPSA) is 86.8 Å². The van der Waals surface area contributed by atoms with E-state index < -0.39 is 34.1 Å². The van der Waals surface area contributed by atoms with Crippen LogP contribution < -0.4 is 9.62 Å². The number of benzene rings is 4. The first-order valence-corrected chi connectivity index (χ1v) is 16.3. The van der Waals surface area contributed by atoms with Crippen LogP contribution in [0.3, 0.4) is 0 Å². The second kappa shape index (κ2) is 14.3. The van der Waals surface area contributed by atoms with E-state index in [1.54, 1.807) is 18.2 Å². The maximum Gasteiger partial charge on any atom is 0.264 e. The zero-order valence-corrected chi connectivity index (χ0v) is 27.1. The predicted octanol–water partition coefficient (Wildman–Crippen LogP) is 6.74. The van der Waals surface area contributed by atoms with E-state index in [1.165, 1.54) is 35.2 Å². The summed E-state index contributed by atoms with van der Waals surface area (Å²) in [4.78, 5) is 29.8. The van der Waals surface area contributed by atoms with E-state index in [4.69, 9.17) is 23.2 Å². The molecule has 10 heteroatoms. The Bertz CT molecular complexity index is 1680. The molecule has 4 aromatic rings. The number of hydrogen-bond donors (Lipinski definition) is 1. The molecule has 0 aliphatic heterocycles. The molecule has 44 heavy (non-hydrogen) atoms. The fraction of sp³-hybridized carbons (Fsp3) is 0.235. The van der Waals surface area contributed by atoms with Crippen LogP contribution in [0.2, 0.25) is 10.0 Å². The molecule has 0 saturated heterocycles. The molecule has 1 unspecified atom stereocenters. The molecule has 1 atom stereocenters. The summed E-state index contributed by atoms with van der Waals surface area (Å²) in [6.07, 6.45) is 0.217. The monoisotopic (exact) mass is 651 g/mol. The second-order valence-corrected chi connectivity index (χ2v) is 14.1. The van der Waals surface area contributed by atoms with Crippen molar-refractivity contribution in [2.75, 3.05) is 10.8 Å². The summed E-state index contributed by atoms with van der Waals surface area (Å²) in [6, 6.07) is 29.9. The lowest BCUT2D eigenvalue weighted by atomic mass is 10.0. The van der Waals surface area contributed by atoms with Crippen molar-refractivity contribution in [3.8, 4) is 0 Å². The molecule has 0 saturated carbocycles. The first-order valence-electron chi connectivity index (χ1n) is 14.1. The van der Waals surface area contributed by atoms with Gasteiger partial charge in [-0.05, 0) is 62.2 Å². The van der Waals surface area contributed by atoms with Crippen molar-refractivity contribution in [2.24, 2.45) is 0 Å². The molecule has 0 fully saturated rings. The molecule has 0 aliphatic carbocycles. The van der Waals surface area contributed by atoms with Crippen molar-refractivity contribution in [1.82, 2.24) is 10.2 Å². The standard InChI is InChI=1S/C34H35Cl2N3O4S/c1-34(2,3)37-33(41)31(21-25-13-7-4-8-14-25)38(23-26-15-9-5-10-16-26)32(40)24-39(30-20-19-27(35)22-29(30)36)44(42,43)28-17-11-6-12-18-28/h4-20,22,31H,21,23-24H2,1-3H3,(H,37,41). The quantitative estimate of drug-likeness (QED) is 0.194. The number of sulfonamides is 1. The fourth-order valence-electron chi connectivity index (χ4n) is 4.70. The van der Waals surface area contributed by atoms with Crippen LogP contribution in [0, 0.1) is 0 Å². The predicted molar refractivity (Wildman–Crippen MR) is 176 cm³/mol. The molecule has 0 spiro atoms. The number of halogens is 2. The number of nitrogens with one attached hydrogen (secondary N) is 1. The molecule has 0 aliphatic rings. The van der Waals surface area contributed by atoms with E-state index in [2.05, 4.69) is 5.32 Å². The van der Waals surface area contributed by atoms with Gasteiger partial charge in [0.25, 0.3) is 10.0 Å². The number of amides is 2. The molecule has 1 N–H and O–H groups in total. The van der Waals surface area contributed by atoms with E-state index >= 15 is 0 Å². The highest BCUT2D eigenvalue weighted by molar-refractivity contribution is 7.92. The fourth-order valence-corrected chi connectivity index (χ4v) is 6.72. The second-order valence-electron chi connectivity index (χ2n) is 11.4. The van der Waals surface area contributed by atoms with Crippen LogP contribution in [0.1, 0.15) is 31.9 Å². The van der Waals surface area contributed by atoms with Crippen LogP contribution in [-0.4, -0.2) is 43.3 Å². The highest BCUT2D eigenvalue weighted by Gasteiger charge is 2.36. The lowest BCUT2D eigenvalue weighted by Gasteiger charge is -2.35. The Balaban J connectivity index is 1.82. The van der Waals surface area contributed by atoms with Gasteiger partial charge in [-0.1, -0.05) is 102 Å². The van der Waals surface area contributed by atoms with Gasteiger partial charge in [0.05, 0.1) is 15.6 Å². The molecule has 7 nitrogen and oxygen atoms in total. The Hall–Kier alpha value is -3.85. The Morgan fingerprint density at radius 3 is 1.89 bits per heavy atom. The van der Waals surface area contributed by atoms with Gasteiger partial charge < -0.3 is 10.2 Å². The van der Waals surface area contributed by atoms with Gasteiger partial charge >= 0.3 is 0 Å². The highest BCUT2D eigenvalue weighted by atomic mass is 35.5. The summed E-state index contributed by atoms with van der Waals surface area (Å²) in [6.45, 7) is 5.06. The zero-order chi connectivity index (χ0) is 31.9. The molecule has 0 radical (unpaired) electrons. The summed E-state index contributed by atoms with van der Waals surface area (Å²) >= 11 is 12.7. The van der Waals surface area contributed by atoms with Gasteiger partial charge in [-0.2, -0.15) is 0 Å². The summed E-state index contributed by atoms with van der Waals surface area (Å²) in [7, 11) is -4.27. The average Bonchev–Trinajstić information content (AvgIpc) is 2.98. The normalized spacial score (nSPS) is 12.3. The number of anilines is 1. The first-order chi connectivity index (χ1) is 20.8. The Labute approximate surface area is 269 Å². The summed E-state index contributed by atoms with van der Waals surface area (Å²) in [5.74, 6) is -0.933. The smallest absolute Gasteiger partial charge is 0.264 e. The van der Waals surface area contributed by atoms with Crippen molar-refractivity contribution < 1.29 is 18.0 Å². The van der Waals surface area contributed by atoms with Crippen LogP contribution in [0.15, 0.2) is 114 Å². The lowest BCUT2D eigenvalue weighted by molar-refractivity contribution is -0.140. The third kappa shape index (κ3) is 8.62. The Morgan fingerprint density at radius 1 is 0.795 bits per heavy atom. The van der Waals surface area contributed by atoms with Gasteiger partial charge in [-0.15, -0.1) is 0 Å². The van der Waals surface area contributed by atoms with Gasteiger partial charge in [-0.25, -0.2) is 8.42 Å². The summed E-state index contributed by atoms with van der Waals surface area (Å²) in [5.41, 5.74) is 1.14. The van der Waals surface area contributed by atoms with Crippen LogP contribution >= 0.6 is 23.2 Å². The highest BCUT2D eigenvalue weighted by Crippen LogP contribution is 2.33. The SMILES string of the molecule is CC(C)(C)NC(=O)C(Cc1ccccc1)N(Cc1ccccc1)C(=O)CN(c1ccc(Cl)cc1Cl)S(=O)(=O)c1ccccc1. The van der Waals surface area contributed by atoms with Gasteiger partial charge in [0, 0.05) is 23.5 Å². The van der Waals surface area contributed by atoms with Crippen molar-refractivity contribution >= 4 is 50.7 Å². The van der Waals surface area contributed by atoms with E-state index in [-0.39, 0.29) is 34.5 Å². The number of carbonyl (C=O) groups excluding carboxylic acids is 2. The minimum Gasteiger partial charge on any atom is -0.350 e.